The van der Waals surface area contributed by atoms with Crippen LogP contribution >= 0.6 is 0 Å². The summed E-state index contributed by atoms with van der Waals surface area (Å²) in [5.41, 5.74) is 0.444. The lowest BCUT2D eigenvalue weighted by Gasteiger charge is -2.42. The molecule has 4 heterocycles. The smallest absolute Gasteiger partial charge is 0.410 e. The van der Waals surface area contributed by atoms with Crippen molar-refractivity contribution < 1.29 is 32.5 Å². The molecule has 318 valence electrons. The molecule has 3 fully saturated rings. The highest BCUT2D eigenvalue weighted by atomic mass is 19.1. The summed E-state index contributed by atoms with van der Waals surface area (Å²) in [5.74, 6) is -0.663. The van der Waals surface area contributed by atoms with Crippen LogP contribution in [0.25, 0.3) is 32.8 Å². The van der Waals surface area contributed by atoms with E-state index in [1.807, 2.05) is 92.4 Å². The van der Waals surface area contributed by atoms with Gasteiger partial charge in [-0.3, -0.25) is 4.90 Å². The van der Waals surface area contributed by atoms with E-state index >= 15 is 8.78 Å². The minimum Gasteiger partial charge on any atom is -0.489 e. The maximum absolute atomic E-state index is 18.2. The number of carbonyl (C=O) groups excluding carboxylic acids is 1. The molecule has 13 heteroatoms. The average Bonchev–Trinajstić information content (AvgIpc) is 3.79. The van der Waals surface area contributed by atoms with E-state index in [1.54, 1.807) is 12.1 Å². The lowest BCUT2D eigenvalue weighted by atomic mass is 9.95. The fourth-order valence-electron chi connectivity index (χ4n) is 8.98. The Morgan fingerprint density at radius 2 is 1.63 bits per heavy atom. The molecule has 0 radical (unpaired) electrons. The van der Waals surface area contributed by atoms with Crippen molar-refractivity contribution in [2.45, 2.75) is 76.8 Å². The van der Waals surface area contributed by atoms with Gasteiger partial charge >= 0.3 is 12.1 Å². The topological polar surface area (TPSA) is 113 Å². The minimum atomic E-state index is -0.772. The largest absolute Gasteiger partial charge is 0.489 e. The summed E-state index contributed by atoms with van der Waals surface area (Å²) in [6, 6.07) is 28.5. The van der Waals surface area contributed by atoms with E-state index in [2.05, 4.69) is 16.8 Å². The molecular formula is C49H48F2N6O5. The van der Waals surface area contributed by atoms with Crippen molar-refractivity contribution in [3.63, 3.8) is 0 Å². The van der Waals surface area contributed by atoms with Crippen LogP contribution in [0.2, 0.25) is 0 Å². The van der Waals surface area contributed by atoms with Crippen molar-refractivity contribution >= 4 is 33.6 Å². The number of amides is 1. The van der Waals surface area contributed by atoms with Crippen LogP contribution in [0.5, 0.6) is 23.3 Å². The van der Waals surface area contributed by atoms with Crippen molar-refractivity contribution in [2.24, 2.45) is 0 Å². The van der Waals surface area contributed by atoms with Gasteiger partial charge in [0, 0.05) is 24.5 Å². The number of anilines is 1. The van der Waals surface area contributed by atoms with Crippen molar-refractivity contribution in [2.75, 3.05) is 38.2 Å². The Labute approximate surface area is 359 Å². The average molecular weight is 839 g/mol. The number of hydrogen-bond acceptors (Lipinski definition) is 10. The van der Waals surface area contributed by atoms with Gasteiger partial charge in [0.15, 0.2) is 5.82 Å². The number of halogens is 2. The molecule has 0 N–H and O–H groups in total. The number of likely N-dealkylation sites (tertiary alicyclic amines) is 1. The number of rotatable bonds is 10. The highest BCUT2D eigenvalue weighted by Crippen LogP contribution is 2.47. The molecule has 5 aromatic carbocycles. The Kier molecular flexibility index (Phi) is 11.0. The van der Waals surface area contributed by atoms with Crippen LogP contribution in [0.4, 0.5) is 19.4 Å². The Balaban J connectivity index is 1.22. The highest BCUT2D eigenvalue weighted by Gasteiger charge is 2.45. The third kappa shape index (κ3) is 8.14. The first-order valence-electron chi connectivity index (χ1n) is 21.1. The van der Waals surface area contributed by atoms with Gasteiger partial charge in [-0.15, -0.1) is 0 Å². The molecule has 3 aliphatic rings. The Morgan fingerprint density at radius 1 is 0.871 bits per heavy atom. The number of piperazine rings is 1. The first-order chi connectivity index (χ1) is 29.9. The summed E-state index contributed by atoms with van der Waals surface area (Å²) >= 11 is 0. The van der Waals surface area contributed by atoms with E-state index in [0.29, 0.717) is 47.6 Å². The van der Waals surface area contributed by atoms with E-state index in [0.717, 1.165) is 43.2 Å². The number of nitriles is 1. The number of carbonyl (C=O) groups is 1. The number of likely N-dealkylation sites (N-methyl/N-ethyl adjacent to an activating group) is 1. The molecule has 9 rings (SSSR count). The minimum absolute atomic E-state index is 0.00603. The number of nitrogens with zero attached hydrogens (tertiary/aromatic N) is 6. The third-order valence-corrected chi connectivity index (χ3v) is 12.0. The molecule has 0 saturated carbocycles. The molecule has 0 spiro atoms. The maximum Gasteiger partial charge on any atom is 0.410 e. The van der Waals surface area contributed by atoms with Gasteiger partial charge in [-0.05, 0) is 112 Å². The molecule has 0 unspecified atom stereocenters. The number of aromatic nitrogens is 2. The van der Waals surface area contributed by atoms with Gasteiger partial charge in [0.05, 0.1) is 17.6 Å². The van der Waals surface area contributed by atoms with Gasteiger partial charge < -0.3 is 28.7 Å². The first-order valence-corrected chi connectivity index (χ1v) is 21.1. The summed E-state index contributed by atoms with van der Waals surface area (Å²) in [6.45, 7) is 7.89. The van der Waals surface area contributed by atoms with E-state index < -0.39 is 17.2 Å². The van der Waals surface area contributed by atoms with Crippen LogP contribution in [0.1, 0.15) is 57.6 Å². The molecule has 3 atom stereocenters. The van der Waals surface area contributed by atoms with Crippen LogP contribution in [0.3, 0.4) is 0 Å². The molecular weight excluding hydrogens is 791 g/mol. The number of benzene rings is 5. The summed E-state index contributed by atoms with van der Waals surface area (Å²) in [5, 5.41) is 11.9. The second kappa shape index (κ2) is 16.7. The van der Waals surface area contributed by atoms with Crippen LogP contribution in [-0.2, 0) is 11.3 Å². The maximum atomic E-state index is 18.2. The molecule has 62 heavy (non-hydrogen) atoms. The fraction of sp³-hybridized carbons (Fsp3) is 0.347. The zero-order valence-corrected chi connectivity index (χ0v) is 35.2. The standard InChI is InChI=1S/C49H48F2N6O5/c1-49(2,3)62-48(58)57-32-19-20-33(57)27-56(26-32)46-38-24-42(61-41-18-10-17-40(50)39(41)25-52)43(44(51)45(38)53-47(54-46)60-29-34-15-11-21-55(34)4)37-23-35(22-31-14-8-9-16-36(31)37)59-28-30-12-6-5-7-13-30/h5-10,12-14,16-18,22-24,32-34H,11,15,19-21,26-29H2,1-4H3/t32-,33+,34-/m0/s1. The quantitative estimate of drug-likeness (QED) is 0.132. The highest BCUT2D eigenvalue weighted by molar-refractivity contribution is 6.03. The lowest BCUT2D eigenvalue weighted by Crippen LogP contribution is -2.57. The Hall–Kier alpha value is -6.52. The van der Waals surface area contributed by atoms with E-state index in [-0.39, 0.29) is 65.0 Å². The molecule has 6 aromatic rings. The van der Waals surface area contributed by atoms with Crippen LogP contribution < -0.4 is 19.1 Å². The summed E-state index contributed by atoms with van der Waals surface area (Å²) in [6.07, 6.45) is 3.16. The molecule has 1 amide bonds. The van der Waals surface area contributed by atoms with Gasteiger partial charge in [0.1, 0.15) is 64.8 Å². The lowest BCUT2D eigenvalue weighted by molar-refractivity contribution is 0.0122. The molecule has 0 aliphatic carbocycles. The number of ether oxygens (including phenoxy) is 4. The number of hydrogen-bond donors (Lipinski definition) is 0. The Morgan fingerprint density at radius 3 is 2.35 bits per heavy atom. The van der Waals surface area contributed by atoms with Crippen molar-refractivity contribution in [1.29, 1.82) is 5.26 Å². The predicted octanol–water partition coefficient (Wildman–Crippen LogP) is 10.0. The second-order valence-electron chi connectivity index (χ2n) is 17.3. The Bertz CT molecular complexity index is 2690. The van der Waals surface area contributed by atoms with E-state index in [4.69, 9.17) is 28.9 Å². The van der Waals surface area contributed by atoms with E-state index in [1.165, 1.54) is 18.2 Å². The van der Waals surface area contributed by atoms with Crippen LogP contribution in [-0.4, -0.2) is 82.9 Å². The zero-order valence-electron chi connectivity index (χ0n) is 35.2. The van der Waals surface area contributed by atoms with Gasteiger partial charge in [-0.1, -0.05) is 60.7 Å². The number of fused-ring (bicyclic) bond motifs is 4. The SMILES string of the molecule is CN1CCC[C@H]1COc1nc(N2C[C@H]3CC[C@@H](C2)N3C(=O)OC(C)(C)C)c2cc(Oc3cccc(F)c3C#N)c(-c3cc(OCc4ccccc4)cc4ccccc34)c(F)c2n1. The molecule has 3 aliphatic heterocycles. The molecule has 2 bridgehead atoms. The molecule has 11 nitrogen and oxygen atoms in total. The summed E-state index contributed by atoms with van der Waals surface area (Å²) in [7, 11) is 2.06. The first kappa shape index (κ1) is 40.9. The van der Waals surface area contributed by atoms with Crippen molar-refractivity contribution in [3.05, 3.63) is 114 Å². The van der Waals surface area contributed by atoms with E-state index in [9.17, 15) is 10.1 Å². The normalized spacial score (nSPS) is 18.9. The van der Waals surface area contributed by atoms with Crippen molar-refractivity contribution in [3.8, 4) is 40.5 Å². The van der Waals surface area contributed by atoms with Gasteiger partial charge in [0.25, 0.3) is 0 Å². The second-order valence-corrected chi connectivity index (χ2v) is 17.3. The molecule has 1 aromatic heterocycles. The fourth-order valence-corrected chi connectivity index (χ4v) is 8.98. The van der Waals surface area contributed by atoms with Crippen molar-refractivity contribution in [1.82, 2.24) is 19.8 Å². The summed E-state index contributed by atoms with van der Waals surface area (Å²) in [4.78, 5) is 29.4. The van der Waals surface area contributed by atoms with Gasteiger partial charge in [-0.25, -0.2) is 13.6 Å². The summed E-state index contributed by atoms with van der Waals surface area (Å²) < 4.78 is 58.4. The predicted molar refractivity (Wildman–Crippen MR) is 233 cm³/mol. The van der Waals surface area contributed by atoms with Crippen LogP contribution in [0, 0.1) is 23.0 Å². The van der Waals surface area contributed by atoms with Gasteiger partial charge in [0.2, 0.25) is 0 Å². The zero-order chi connectivity index (χ0) is 43.1. The van der Waals surface area contributed by atoms with Gasteiger partial charge in [-0.2, -0.15) is 15.2 Å². The third-order valence-electron chi connectivity index (χ3n) is 12.0. The van der Waals surface area contributed by atoms with Crippen LogP contribution in [0.15, 0.2) is 91.0 Å². The molecule has 3 saturated heterocycles. The monoisotopic (exact) mass is 838 g/mol.